The summed E-state index contributed by atoms with van der Waals surface area (Å²) < 4.78 is 0. The standard InChI is InChI=1S/C14H25N3.HI/c1-4-10-16-14(15-5-2)17-11-13-8-6-12(3)7-9-13;/h1,12-13H,5-11H2,2-3H3,(H2,15,16,17);1H. The van der Waals surface area contributed by atoms with Crippen molar-refractivity contribution >= 4 is 29.9 Å². The van der Waals surface area contributed by atoms with Gasteiger partial charge in [0.05, 0.1) is 6.54 Å². The predicted octanol–water partition coefficient (Wildman–Crippen LogP) is 2.62. The molecule has 0 saturated heterocycles. The molecule has 0 atom stereocenters. The monoisotopic (exact) mass is 363 g/mol. The Morgan fingerprint density at radius 2 is 1.94 bits per heavy atom. The van der Waals surface area contributed by atoms with E-state index in [4.69, 9.17) is 6.42 Å². The summed E-state index contributed by atoms with van der Waals surface area (Å²) in [5.74, 6) is 5.08. The van der Waals surface area contributed by atoms with E-state index in [0.29, 0.717) is 6.54 Å². The molecule has 0 bridgehead atoms. The van der Waals surface area contributed by atoms with Crippen LogP contribution in [0.5, 0.6) is 0 Å². The van der Waals surface area contributed by atoms with Crippen molar-refractivity contribution in [2.75, 3.05) is 19.6 Å². The normalized spacial score (nSPS) is 23.7. The van der Waals surface area contributed by atoms with Crippen LogP contribution >= 0.6 is 24.0 Å². The summed E-state index contributed by atoms with van der Waals surface area (Å²) in [6, 6.07) is 0. The first-order valence-electron chi connectivity index (χ1n) is 6.71. The van der Waals surface area contributed by atoms with Crippen LogP contribution in [0.25, 0.3) is 0 Å². The van der Waals surface area contributed by atoms with E-state index in [1.165, 1.54) is 25.7 Å². The Labute approximate surface area is 129 Å². The Hall–Kier alpha value is -0.440. The van der Waals surface area contributed by atoms with Crippen LogP contribution in [0.1, 0.15) is 39.5 Å². The van der Waals surface area contributed by atoms with Crippen LogP contribution in [0.15, 0.2) is 4.99 Å². The summed E-state index contributed by atoms with van der Waals surface area (Å²) in [7, 11) is 0. The van der Waals surface area contributed by atoms with Gasteiger partial charge >= 0.3 is 0 Å². The van der Waals surface area contributed by atoms with Gasteiger partial charge in [-0.05, 0) is 31.6 Å². The number of aliphatic imine (C=N–C) groups is 1. The summed E-state index contributed by atoms with van der Waals surface area (Å²) >= 11 is 0. The van der Waals surface area contributed by atoms with Crippen molar-refractivity contribution in [1.29, 1.82) is 0 Å². The molecular formula is C14H26IN3. The Morgan fingerprint density at radius 3 is 2.50 bits per heavy atom. The van der Waals surface area contributed by atoms with Gasteiger partial charge in [-0.25, -0.2) is 0 Å². The second kappa shape index (κ2) is 10.5. The molecule has 0 spiro atoms. The van der Waals surface area contributed by atoms with Crippen molar-refractivity contribution in [2.45, 2.75) is 39.5 Å². The number of nitrogens with one attached hydrogen (secondary N) is 2. The minimum atomic E-state index is 0. The molecule has 0 amide bonds. The first-order valence-corrected chi connectivity index (χ1v) is 6.71. The second-order valence-electron chi connectivity index (χ2n) is 4.90. The number of nitrogens with zero attached hydrogens (tertiary/aromatic N) is 1. The zero-order valence-corrected chi connectivity index (χ0v) is 13.9. The summed E-state index contributed by atoms with van der Waals surface area (Å²) in [6.45, 7) is 6.74. The van der Waals surface area contributed by atoms with Crippen molar-refractivity contribution in [3.05, 3.63) is 0 Å². The largest absolute Gasteiger partial charge is 0.357 e. The lowest BCUT2D eigenvalue weighted by Crippen LogP contribution is -2.37. The number of hydrogen-bond acceptors (Lipinski definition) is 1. The zero-order chi connectivity index (χ0) is 12.5. The average molecular weight is 363 g/mol. The van der Waals surface area contributed by atoms with Crippen LogP contribution in [-0.4, -0.2) is 25.6 Å². The molecule has 104 valence electrons. The van der Waals surface area contributed by atoms with Gasteiger partial charge in [-0.3, -0.25) is 4.99 Å². The first kappa shape index (κ1) is 17.6. The molecule has 1 aliphatic rings. The number of guanidine groups is 1. The van der Waals surface area contributed by atoms with Crippen LogP contribution < -0.4 is 10.6 Å². The quantitative estimate of drug-likeness (QED) is 0.349. The molecule has 0 aromatic rings. The van der Waals surface area contributed by atoms with Crippen LogP contribution in [0.4, 0.5) is 0 Å². The minimum Gasteiger partial charge on any atom is -0.357 e. The van der Waals surface area contributed by atoms with Crippen molar-refractivity contribution in [3.63, 3.8) is 0 Å². The van der Waals surface area contributed by atoms with E-state index >= 15 is 0 Å². The fraction of sp³-hybridized carbons (Fsp3) is 0.786. The molecule has 1 saturated carbocycles. The Morgan fingerprint density at radius 1 is 1.28 bits per heavy atom. The smallest absolute Gasteiger partial charge is 0.192 e. The lowest BCUT2D eigenvalue weighted by molar-refractivity contribution is 0.296. The molecule has 1 aliphatic carbocycles. The molecule has 0 radical (unpaired) electrons. The number of terminal acetylenes is 1. The van der Waals surface area contributed by atoms with Crippen molar-refractivity contribution < 1.29 is 0 Å². The van der Waals surface area contributed by atoms with Gasteiger partial charge in [-0.15, -0.1) is 30.4 Å². The number of hydrogen-bond donors (Lipinski definition) is 2. The van der Waals surface area contributed by atoms with Gasteiger partial charge in [0.2, 0.25) is 0 Å². The lowest BCUT2D eigenvalue weighted by atomic mass is 9.83. The molecule has 4 heteroatoms. The molecule has 0 aromatic heterocycles. The van der Waals surface area contributed by atoms with Crippen LogP contribution in [0, 0.1) is 24.2 Å². The first-order chi connectivity index (χ1) is 8.26. The van der Waals surface area contributed by atoms with E-state index in [-0.39, 0.29) is 24.0 Å². The molecule has 0 unspecified atom stereocenters. The highest BCUT2D eigenvalue weighted by Gasteiger charge is 2.17. The topological polar surface area (TPSA) is 36.4 Å². The van der Waals surface area contributed by atoms with Gasteiger partial charge in [0.1, 0.15) is 0 Å². The number of rotatable bonds is 4. The van der Waals surface area contributed by atoms with Gasteiger partial charge in [0.15, 0.2) is 5.96 Å². The van der Waals surface area contributed by atoms with E-state index in [2.05, 4.69) is 35.4 Å². The van der Waals surface area contributed by atoms with E-state index in [9.17, 15) is 0 Å². The van der Waals surface area contributed by atoms with Gasteiger partial charge in [0.25, 0.3) is 0 Å². The maximum absolute atomic E-state index is 5.23. The Kier molecular flexibility index (Phi) is 10.2. The molecule has 3 nitrogen and oxygen atoms in total. The minimum absolute atomic E-state index is 0. The predicted molar refractivity (Wildman–Crippen MR) is 89.4 cm³/mol. The molecule has 18 heavy (non-hydrogen) atoms. The van der Waals surface area contributed by atoms with Crippen molar-refractivity contribution in [2.24, 2.45) is 16.8 Å². The van der Waals surface area contributed by atoms with Crippen molar-refractivity contribution in [3.8, 4) is 12.3 Å². The van der Waals surface area contributed by atoms with Crippen LogP contribution in [0.3, 0.4) is 0 Å². The summed E-state index contributed by atoms with van der Waals surface area (Å²) in [5.41, 5.74) is 0. The maximum Gasteiger partial charge on any atom is 0.192 e. The summed E-state index contributed by atoms with van der Waals surface area (Å²) in [5, 5.41) is 6.33. The van der Waals surface area contributed by atoms with Crippen LogP contribution in [-0.2, 0) is 0 Å². The maximum atomic E-state index is 5.23. The fourth-order valence-electron chi connectivity index (χ4n) is 2.21. The van der Waals surface area contributed by atoms with E-state index < -0.39 is 0 Å². The summed E-state index contributed by atoms with van der Waals surface area (Å²) in [6.07, 6.45) is 10.6. The number of halogens is 1. The third-order valence-electron chi connectivity index (χ3n) is 3.35. The zero-order valence-electron chi connectivity index (χ0n) is 11.5. The molecule has 0 aromatic carbocycles. The third kappa shape index (κ3) is 7.10. The van der Waals surface area contributed by atoms with Gasteiger partial charge in [-0.2, -0.15) is 0 Å². The highest BCUT2D eigenvalue weighted by molar-refractivity contribution is 14.0. The molecule has 1 fully saturated rings. The van der Waals surface area contributed by atoms with E-state index in [1.807, 2.05) is 0 Å². The van der Waals surface area contributed by atoms with Crippen molar-refractivity contribution in [1.82, 2.24) is 10.6 Å². The molecule has 0 aliphatic heterocycles. The highest BCUT2D eigenvalue weighted by atomic mass is 127. The van der Waals surface area contributed by atoms with E-state index in [0.717, 1.165) is 30.9 Å². The third-order valence-corrected chi connectivity index (χ3v) is 3.35. The fourth-order valence-corrected chi connectivity index (χ4v) is 2.21. The average Bonchev–Trinajstić information content (AvgIpc) is 2.35. The highest BCUT2D eigenvalue weighted by Crippen LogP contribution is 2.28. The Balaban J connectivity index is 0.00000289. The lowest BCUT2D eigenvalue weighted by Gasteiger charge is -2.25. The molecule has 0 heterocycles. The second-order valence-corrected chi connectivity index (χ2v) is 4.90. The molecule has 2 N–H and O–H groups in total. The van der Waals surface area contributed by atoms with Crippen LogP contribution in [0.2, 0.25) is 0 Å². The summed E-state index contributed by atoms with van der Waals surface area (Å²) in [4.78, 5) is 4.60. The SMILES string of the molecule is C#CCNC(=NCC1CCC(C)CC1)NCC.I. The Bertz CT molecular complexity index is 275. The van der Waals surface area contributed by atoms with E-state index in [1.54, 1.807) is 0 Å². The molecular weight excluding hydrogens is 337 g/mol. The van der Waals surface area contributed by atoms with Gasteiger partial charge in [0, 0.05) is 13.1 Å². The molecule has 1 rings (SSSR count). The van der Waals surface area contributed by atoms with Gasteiger partial charge < -0.3 is 10.6 Å². The van der Waals surface area contributed by atoms with Gasteiger partial charge in [-0.1, -0.05) is 25.7 Å².